The summed E-state index contributed by atoms with van der Waals surface area (Å²) in [5.74, 6) is -3.73. The number of ether oxygens (including phenoxy) is 2. The summed E-state index contributed by atoms with van der Waals surface area (Å²) in [5.41, 5.74) is -4.26. The summed E-state index contributed by atoms with van der Waals surface area (Å²) in [7, 11) is 0. The second-order valence-electron chi connectivity index (χ2n) is 7.40. The number of carbonyl (C=O) groups excluding carboxylic acids is 1. The number of hydrogen-bond acceptors (Lipinski definition) is 6. The first-order chi connectivity index (χ1) is 13.4. The quantitative estimate of drug-likeness (QED) is 0.750. The number of amides is 1. The highest BCUT2D eigenvalue weighted by Crippen LogP contribution is 2.40. The lowest BCUT2D eigenvalue weighted by atomic mass is 9.93. The Morgan fingerprint density at radius 1 is 1.28 bits per heavy atom. The van der Waals surface area contributed by atoms with Crippen molar-refractivity contribution in [1.82, 2.24) is 4.98 Å². The summed E-state index contributed by atoms with van der Waals surface area (Å²) < 4.78 is 53.3. The van der Waals surface area contributed by atoms with E-state index < -0.39 is 46.2 Å². The van der Waals surface area contributed by atoms with Gasteiger partial charge in [-0.05, 0) is 38.5 Å². The zero-order chi connectivity index (χ0) is 21.6. The first-order valence-electron chi connectivity index (χ1n) is 8.40. The number of nitrogens with one attached hydrogen (secondary N) is 1. The molecule has 1 fully saturated rings. The average Bonchev–Trinajstić information content (AvgIpc) is 2.93. The first kappa shape index (κ1) is 21.1. The van der Waals surface area contributed by atoms with Crippen molar-refractivity contribution >= 4 is 28.4 Å². The van der Waals surface area contributed by atoms with Crippen LogP contribution in [0.1, 0.15) is 36.8 Å². The molecular formula is C18H17F3N2O5S. The Balaban J connectivity index is 1.97. The number of anilines is 1. The van der Waals surface area contributed by atoms with Crippen LogP contribution in [0.25, 0.3) is 10.6 Å². The van der Waals surface area contributed by atoms with Gasteiger partial charge in [-0.3, -0.25) is 5.32 Å². The number of carboxylic acids is 1. The van der Waals surface area contributed by atoms with Gasteiger partial charge in [-0.25, -0.2) is 27.7 Å². The molecule has 0 unspecified atom stereocenters. The molecule has 11 heteroatoms. The van der Waals surface area contributed by atoms with Crippen molar-refractivity contribution in [2.75, 3.05) is 18.5 Å². The third-order valence-electron chi connectivity index (χ3n) is 3.88. The van der Waals surface area contributed by atoms with Crippen molar-refractivity contribution in [3.05, 3.63) is 35.0 Å². The Kier molecular flexibility index (Phi) is 5.30. The van der Waals surface area contributed by atoms with Crippen LogP contribution in [0.3, 0.4) is 0 Å². The molecule has 156 valence electrons. The molecule has 2 N–H and O–H groups in total. The molecule has 1 aromatic heterocycles. The summed E-state index contributed by atoms with van der Waals surface area (Å²) >= 11 is 0.554. The molecule has 1 aliphatic rings. The lowest BCUT2D eigenvalue weighted by Gasteiger charge is -2.34. The van der Waals surface area contributed by atoms with Gasteiger partial charge in [0.25, 0.3) is 0 Å². The molecule has 1 aromatic carbocycles. The van der Waals surface area contributed by atoms with E-state index in [0.717, 1.165) is 12.1 Å². The van der Waals surface area contributed by atoms with Gasteiger partial charge in [-0.1, -0.05) is 11.3 Å². The van der Waals surface area contributed by atoms with Gasteiger partial charge in [-0.15, -0.1) is 0 Å². The Labute approximate surface area is 167 Å². The zero-order valence-corrected chi connectivity index (χ0v) is 16.5. The minimum absolute atomic E-state index is 0.218. The van der Waals surface area contributed by atoms with Crippen molar-refractivity contribution in [2.45, 2.75) is 32.0 Å². The molecule has 1 amide bonds. The fourth-order valence-corrected chi connectivity index (χ4v) is 3.53. The molecule has 0 radical (unpaired) electrons. The zero-order valence-electron chi connectivity index (χ0n) is 15.6. The van der Waals surface area contributed by atoms with Gasteiger partial charge in [0.05, 0.1) is 18.8 Å². The minimum Gasteiger partial charge on any atom is -0.476 e. The molecule has 0 aliphatic carbocycles. The number of thiazole rings is 1. The predicted molar refractivity (Wildman–Crippen MR) is 97.9 cm³/mol. The number of benzene rings is 1. The van der Waals surface area contributed by atoms with Crippen LogP contribution in [0, 0.1) is 11.6 Å². The Bertz CT molecular complexity index is 959. The fourth-order valence-electron chi connectivity index (χ4n) is 2.54. The van der Waals surface area contributed by atoms with E-state index in [2.05, 4.69) is 10.3 Å². The number of alkyl halides is 1. The van der Waals surface area contributed by atoms with Gasteiger partial charge in [0.1, 0.15) is 27.2 Å². The standard InChI is InChI=1S/C18H17F3N2O5S/c1-17(2,3)28-16(26)23-14-12(15(24)25)22-13(29-14)11-9(19)4-8(5-10(11)20)18(21)6-27-7-18/h4-5H,6-7H2,1-3H3,(H,23,26)(H,24,25). The van der Waals surface area contributed by atoms with E-state index >= 15 is 0 Å². The smallest absolute Gasteiger partial charge is 0.412 e. The van der Waals surface area contributed by atoms with Crippen molar-refractivity contribution < 1.29 is 37.3 Å². The molecule has 1 aliphatic heterocycles. The number of aromatic carboxylic acids is 1. The summed E-state index contributed by atoms with van der Waals surface area (Å²) in [4.78, 5) is 27.1. The van der Waals surface area contributed by atoms with E-state index in [4.69, 9.17) is 9.47 Å². The Hall–Kier alpha value is -2.66. The third kappa shape index (κ3) is 4.35. The van der Waals surface area contributed by atoms with E-state index in [1.807, 2.05) is 0 Å². The van der Waals surface area contributed by atoms with E-state index in [1.54, 1.807) is 20.8 Å². The van der Waals surface area contributed by atoms with Crippen molar-refractivity contribution in [3.8, 4) is 10.6 Å². The second-order valence-corrected chi connectivity index (χ2v) is 8.40. The molecule has 29 heavy (non-hydrogen) atoms. The van der Waals surface area contributed by atoms with E-state index in [9.17, 15) is 27.9 Å². The van der Waals surface area contributed by atoms with Crippen LogP contribution < -0.4 is 5.32 Å². The molecular weight excluding hydrogens is 413 g/mol. The van der Waals surface area contributed by atoms with Crippen LogP contribution in [0.5, 0.6) is 0 Å². The highest BCUT2D eigenvalue weighted by molar-refractivity contribution is 7.19. The number of carbonyl (C=O) groups is 2. The average molecular weight is 430 g/mol. The van der Waals surface area contributed by atoms with Crippen molar-refractivity contribution in [3.63, 3.8) is 0 Å². The van der Waals surface area contributed by atoms with E-state index in [1.165, 1.54) is 0 Å². The summed E-state index contributed by atoms with van der Waals surface area (Å²) in [6.07, 6.45) is -0.948. The number of rotatable bonds is 4. The molecule has 0 spiro atoms. The number of nitrogens with zero attached hydrogens (tertiary/aromatic N) is 1. The topological polar surface area (TPSA) is 97.8 Å². The summed E-state index contributed by atoms with van der Waals surface area (Å²) in [5, 5.41) is 10.9. The Morgan fingerprint density at radius 3 is 2.31 bits per heavy atom. The highest BCUT2D eigenvalue weighted by Gasteiger charge is 2.42. The maximum absolute atomic E-state index is 14.6. The van der Waals surface area contributed by atoms with Gasteiger partial charge < -0.3 is 14.6 Å². The van der Waals surface area contributed by atoms with Gasteiger partial charge in [0.15, 0.2) is 11.4 Å². The maximum Gasteiger partial charge on any atom is 0.412 e. The maximum atomic E-state index is 14.6. The van der Waals surface area contributed by atoms with Crippen LogP contribution in [0.4, 0.5) is 23.0 Å². The van der Waals surface area contributed by atoms with Crippen LogP contribution in [0.15, 0.2) is 12.1 Å². The lowest BCUT2D eigenvalue weighted by Crippen LogP contribution is -2.42. The molecule has 7 nitrogen and oxygen atoms in total. The van der Waals surface area contributed by atoms with Gasteiger partial charge in [0.2, 0.25) is 0 Å². The van der Waals surface area contributed by atoms with Crippen LogP contribution >= 0.6 is 11.3 Å². The predicted octanol–water partition coefficient (Wildman–Crippen LogP) is 4.33. The lowest BCUT2D eigenvalue weighted by molar-refractivity contribution is -0.135. The molecule has 1 saturated heterocycles. The fraction of sp³-hybridized carbons (Fsp3) is 0.389. The highest BCUT2D eigenvalue weighted by atomic mass is 32.1. The molecule has 0 bridgehead atoms. The number of carboxylic acid groups (broad SMARTS) is 1. The molecule has 3 rings (SSSR count). The van der Waals surface area contributed by atoms with Gasteiger partial charge in [-0.2, -0.15) is 0 Å². The van der Waals surface area contributed by atoms with Crippen LogP contribution in [-0.4, -0.2) is 41.0 Å². The largest absolute Gasteiger partial charge is 0.476 e. The first-order valence-corrected chi connectivity index (χ1v) is 9.22. The van der Waals surface area contributed by atoms with Gasteiger partial charge >= 0.3 is 12.1 Å². The van der Waals surface area contributed by atoms with Gasteiger partial charge in [0, 0.05) is 0 Å². The normalized spacial score (nSPS) is 15.5. The number of hydrogen-bond donors (Lipinski definition) is 2. The van der Waals surface area contributed by atoms with Crippen LogP contribution in [0.2, 0.25) is 0 Å². The monoisotopic (exact) mass is 430 g/mol. The second kappa shape index (κ2) is 7.30. The minimum atomic E-state index is -1.97. The van der Waals surface area contributed by atoms with E-state index in [-0.39, 0.29) is 28.8 Å². The number of halogens is 3. The molecule has 0 saturated carbocycles. The van der Waals surface area contributed by atoms with E-state index in [0.29, 0.717) is 11.3 Å². The third-order valence-corrected chi connectivity index (χ3v) is 4.87. The summed E-state index contributed by atoms with van der Waals surface area (Å²) in [6.45, 7) is 4.21. The molecule has 0 atom stereocenters. The SMILES string of the molecule is CC(C)(C)OC(=O)Nc1sc(-c2c(F)cc(C3(F)COC3)cc2F)nc1C(=O)O. The van der Waals surface area contributed by atoms with Crippen LogP contribution in [-0.2, 0) is 15.1 Å². The number of aromatic nitrogens is 1. The Morgan fingerprint density at radius 2 is 1.86 bits per heavy atom. The molecule has 2 heterocycles. The molecule has 2 aromatic rings. The summed E-state index contributed by atoms with van der Waals surface area (Å²) in [6, 6.07) is 1.65. The van der Waals surface area contributed by atoms with Crippen molar-refractivity contribution in [1.29, 1.82) is 0 Å². The van der Waals surface area contributed by atoms with Crippen molar-refractivity contribution in [2.24, 2.45) is 0 Å².